The summed E-state index contributed by atoms with van der Waals surface area (Å²) < 4.78 is 34.5. The van der Waals surface area contributed by atoms with Crippen LogP contribution in [0.1, 0.15) is 6.92 Å². The van der Waals surface area contributed by atoms with Gasteiger partial charge in [0.25, 0.3) is 0 Å². The molecule has 1 atom stereocenters. The Balaban J connectivity index is 4.72. The molecule has 94 valence electrons. The number of hydrogen-bond acceptors (Lipinski definition) is 5. The molecule has 0 fully saturated rings. The van der Waals surface area contributed by atoms with Crippen molar-refractivity contribution in [3.05, 3.63) is 0 Å². The Morgan fingerprint density at radius 2 is 2.00 bits per heavy atom. The molecule has 7 heteroatoms. The van der Waals surface area contributed by atoms with Crippen molar-refractivity contribution in [3.63, 3.8) is 0 Å². The third-order valence-electron chi connectivity index (χ3n) is 2.02. The molecular formula is C9H18N2O4S. The molecule has 0 rings (SSSR count). The van der Waals surface area contributed by atoms with Crippen molar-refractivity contribution in [1.29, 1.82) is 5.26 Å². The molecule has 0 bridgehead atoms. The Hall–Kier alpha value is -0.680. The average Bonchev–Trinajstić information content (AvgIpc) is 2.18. The fraction of sp³-hybridized carbons (Fsp3) is 0.889. The molecule has 0 aromatic heterocycles. The lowest BCUT2D eigenvalue weighted by Gasteiger charge is -2.26. The predicted octanol–water partition coefficient (Wildman–Crippen LogP) is -0.177. The van der Waals surface area contributed by atoms with Crippen LogP contribution < -0.4 is 0 Å². The van der Waals surface area contributed by atoms with E-state index in [2.05, 4.69) is 0 Å². The van der Waals surface area contributed by atoms with Crippen molar-refractivity contribution in [2.75, 3.05) is 39.7 Å². The molecule has 0 aromatic rings. The molecular weight excluding hydrogens is 232 g/mol. The summed E-state index contributed by atoms with van der Waals surface area (Å²) in [5.41, 5.74) is 0. The number of rotatable bonds is 8. The molecule has 0 saturated carbocycles. The van der Waals surface area contributed by atoms with Gasteiger partial charge in [-0.1, -0.05) is 0 Å². The second kappa shape index (κ2) is 7.57. The second-order valence-corrected chi connectivity index (χ2v) is 5.24. The van der Waals surface area contributed by atoms with Crippen LogP contribution in [0.5, 0.6) is 0 Å². The van der Waals surface area contributed by atoms with Gasteiger partial charge in [0.1, 0.15) is 0 Å². The lowest BCUT2D eigenvalue weighted by Crippen LogP contribution is -2.43. The summed E-state index contributed by atoms with van der Waals surface area (Å²) in [6.45, 7) is 2.53. The number of sulfonamides is 1. The Morgan fingerprint density at radius 1 is 1.38 bits per heavy atom. The van der Waals surface area contributed by atoms with Gasteiger partial charge in [0.2, 0.25) is 10.0 Å². The fourth-order valence-electron chi connectivity index (χ4n) is 1.30. The highest BCUT2D eigenvalue weighted by molar-refractivity contribution is 7.89. The van der Waals surface area contributed by atoms with Crippen LogP contribution in [0.2, 0.25) is 0 Å². The predicted molar refractivity (Wildman–Crippen MR) is 59.3 cm³/mol. The molecule has 0 aromatic carbocycles. The van der Waals surface area contributed by atoms with Gasteiger partial charge in [-0.15, -0.1) is 0 Å². The Bertz CT molecular complexity index is 323. The number of nitrogens with zero attached hydrogens (tertiary/aromatic N) is 2. The van der Waals surface area contributed by atoms with Gasteiger partial charge in [0.15, 0.2) is 5.75 Å². The molecule has 6 nitrogen and oxygen atoms in total. The molecule has 16 heavy (non-hydrogen) atoms. The first-order valence-electron chi connectivity index (χ1n) is 4.84. The SMILES string of the molecule is COCCN(C(C)COC)S(=O)(=O)CC#N. The van der Waals surface area contributed by atoms with Crippen molar-refractivity contribution in [1.82, 2.24) is 4.31 Å². The molecule has 1 unspecified atom stereocenters. The number of ether oxygens (including phenoxy) is 2. The normalized spacial score (nSPS) is 13.7. The van der Waals surface area contributed by atoms with E-state index in [0.717, 1.165) is 0 Å². The number of hydrogen-bond donors (Lipinski definition) is 0. The summed E-state index contributed by atoms with van der Waals surface area (Å²) in [5, 5.41) is 8.47. The highest BCUT2D eigenvalue weighted by atomic mass is 32.2. The highest BCUT2D eigenvalue weighted by Crippen LogP contribution is 2.08. The van der Waals surface area contributed by atoms with E-state index in [1.54, 1.807) is 13.0 Å². The van der Waals surface area contributed by atoms with Gasteiger partial charge in [-0.2, -0.15) is 9.57 Å². The molecule has 0 aliphatic rings. The lowest BCUT2D eigenvalue weighted by molar-refractivity contribution is 0.119. The van der Waals surface area contributed by atoms with Crippen molar-refractivity contribution in [3.8, 4) is 6.07 Å². The van der Waals surface area contributed by atoms with Crippen LogP contribution in [0.4, 0.5) is 0 Å². The minimum Gasteiger partial charge on any atom is -0.383 e. The first-order valence-corrected chi connectivity index (χ1v) is 6.44. The fourth-order valence-corrected chi connectivity index (χ4v) is 2.59. The quantitative estimate of drug-likeness (QED) is 0.597. The number of methoxy groups -OCH3 is 2. The summed E-state index contributed by atoms with van der Waals surface area (Å²) >= 11 is 0. The van der Waals surface area contributed by atoms with Crippen molar-refractivity contribution in [2.24, 2.45) is 0 Å². The summed E-state index contributed by atoms with van der Waals surface area (Å²) in [7, 11) is -0.556. The average molecular weight is 250 g/mol. The zero-order valence-corrected chi connectivity index (χ0v) is 10.7. The lowest BCUT2D eigenvalue weighted by atomic mass is 10.3. The summed E-state index contributed by atoms with van der Waals surface area (Å²) in [5.74, 6) is -0.523. The van der Waals surface area contributed by atoms with E-state index in [9.17, 15) is 8.42 Å². The van der Waals surface area contributed by atoms with Crippen molar-refractivity contribution in [2.45, 2.75) is 13.0 Å². The largest absolute Gasteiger partial charge is 0.383 e. The molecule has 0 saturated heterocycles. The molecule has 0 aliphatic heterocycles. The molecule has 0 spiro atoms. The third-order valence-corrected chi connectivity index (χ3v) is 3.77. The van der Waals surface area contributed by atoms with Crippen molar-refractivity contribution < 1.29 is 17.9 Å². The van der Waals surface area contributed by atoms with Crippen molar-refractivity contribution >= 4 is 10.0 Å². The van der Waals surface area contributed by atoms with E-state index in [1.807, 2.05) is 0 Å². The van der Waals surface area contributed by atoms with Gasteiger partial charge in [-0.25, -0.2) is 8.42 Å². The van der Waals surface area contributed by atoms with Crippen LogP contribution in [0.25, 0.3) is 0 Å². The van der Waals surface area contributed by atoms with Gasteiger partial charge < -0.3 is 9.47 Å². The van der Waals surface area contributed by atoms with Gasteiger partial charge in [-0.05, 0) is 6.92 Å². The highest BCUT2D eigenvalue weighted by Gasteiger charge is 2.26. The number of nitriles is 1. The van der Waals surface area contributed by atoms with Gasteiger partial charge in [0.05, 0.1) is 19.3 Å². The molecule has 0 amide bonds. The summed E-state index contributed by atoms with van der Waals surface area (Å²) in [6, 6.07) is 1.34. The minimum absolute atomic E-state index is 0.227. The molecule has 0 heterocycles. The van der Waals surface area contributed by atoms with Crippen LogP contribution in [0.3, 0.4) is 0 Å². The molecule has 0 radical (unpaired) electrons. The summed E-state index contributed by atoms with van der Waals surface area (Å²) in [4.78, 5) is 0. The first kappa shape index (κ1) is 15.3. The van der Waals surface area contributed by atoms with E-state index >= 15 is 0 Å². The summed E-state index contributed by atoms with van der Waals surface area (Å²) in [6.07, 6.45) is 0. The van der Waals surface area contributed by atoms with Crippen LogP contribution >= 0.6 is 0 Å². The van der Waals surface area contributed by atoms with E-state index in [1.165, 1.54) is 18.5 Å². The maximum absolute atomic E-state index is 11.7. The van der Waals surface area contributed by atoms with Crippen LogP contribution in [0.15, 0.2) is 0 Å². The Morgan fingerprint density at radius 3 is 2.44 bits per heavy atom. The van der Waals surface area contributed by atoms with Gasteiger partial charge in [0, 0.05) is 26.8 Å². The topological polar surface area (TPSA) is 79.6 Å². The first-order chi connectivity index (χ1) is 7.49. The van der Waals surface area contributed by atoms with Crippen LogP contribution in [-0.4, -0.2) is 58.5 Å². The Kier molecular flexibility index (Phi) is 7.25. The maximum Gasteiger partial charge on any atom is 0.227 e. The second-order valence-electron chi connectivity index (χ2n) is 3.32. The van der Waals surface area contributed by atoms with E-state index < -0.39 is 15.8 Å². The van der Waals surface area contributed by atoms with Crippen LogP contribution in [0, 0.1) is 11.3 Å². The standard InChI is InChI=1S/C9H18N2O4S/c1-9(8-15-3)11(5-6-14-2)16(12,13)7-4-10/h9H,5-8H2,1-3H3. The van der Waals surface area contributed by atoms with Gasteiger partial charge >= 0.3 is 0 Å². The van der Waals surface area contributed by atoms with Crippen LogP contribution in [-0.2, 0) is 19.5 Å². The van der Waals surface area contributed by atoms with Gasteiger partial charge in [-0.3, -0.25) is 0 Å². The van der Waals surface area contributed by atoms with E-state index in [4.69, 9.17) is 14.7 Å². The monoisotopic (exact) mass is 250 g/mol. The maximum atomic E-state index is 11.7. The van der Waals surface area contributed by atoms with E-state index in [0.29, 0.717) is 6.61 Å². The molecule has 0 N–H and O–H groups in total. The third kappa shape index (κ3) is 4.90. The minimum atomic E-state index is -3.55. The molecule has 0 aliphatic carbocycles. The zero-order valence-electron chi connectivity index (χ0n) is 9.84. The van der Waals surface area contributed by atoms with E-state index in [-0.39, 0.29) is 19.2 Å². The zero-order chi connectivity index (χ0) is 12.6. The Labute approximate surface area is 96.8 Å². The smallest absolute Gasteiger partial charge is 0.227 e.